The van der Waals surface area contributed by atoms with Crippen LogP contribution in [0.3, 0.4) is 0 Å². The maximum absolute atomic E-state index is 12.8. The van der Waals surface area contributed by atoms with Gasteiger partial charge in [-0.05, 0) is 50.6 Å². The summed E-state index contributed by atoms with van der Waals surface area (Å²) in [5.74, 6) is 0.378. The number of rotatable bonds is 5. The predicted octanol–water partition coefficient (Wildman–Crippen LogP) is 4.49. The summed E-state index contributed by atoms with van der Waals surface area (Å²) >= 11 is 0. The van der Waals surface area contributed by atoms with Crippen LogP contribution in [0, 0.1) is 18.3 Å². The van der Waals surface area contributed by atoms with Crippen LogP contribution in [0.5, 0.6) is 0 Å². The van der Waals surface area contributed by atoms with E-state index in [1.54, 1.807) is 44.6 Å². The first-order valence-corrected chi connectivity index (χ1v) is 10.4. The van der Waals surface area contributed by atoms with E-state index in [4.69, 9.17) is 0 Å². The van der Waals surface area contributed by atoms with Crippen molar-refractivity contribution in [1.82, 2.24) is 19.9 Å². The number of pyridine rings is 4. The molecule has 0 aromatic carbocycles. The van der Waals surface area contributed by atoms with E-state index in [-0.39, 0.29) is 11.6 Å². The van der Waals surface area contributed by atoms with Crippen LogP contribution in [0.15, 0.2) is 55.1 Å². The third-order valence-electron chi connectivity index (χ3n) is 5.47. The zero-order valence-corrected chi connectivity index (χ0v) is 18.8. The van der Waals surface area contributed by atoms with Gasteiger partial charge in [-0.15, -0.1) is 0 Å². The van der Waals surface area contributed by atoms with Crippen molar-refractivity contribution >= 4 is 28.3 Å². The fourth-order valence-electron chi connectivity index (χ4n) is 3.40. The van der Waals surface area contributed by atoms with Gasteiger partial charge in [-0.1, -0.05) is 0 Å². The predicted molar refractivity (Wildman–Crippen MR) is 128 cm³/mol. The molecule has 4 aromatic heterocycles. The number of carbonyl (C=O) groups is 1. The van der Waals surface area contributed by atoms with Gasteiger partial charge in [0, 0.05) is 53.9 Å². The van der Waals surface area contributed by atoms with E-state index < -0.39 is 5.41 Å². The van der Waals surface area contributed by atoms with Crippen molar-refractivity contribution in [2.75, 3.05) is 17.7 Å². The van der Waals surface area contributed by atoms with E-state index in [0.29, 0.717) is 5.69 Å². The average Bonchev–Trinajstić information content (AvgIpc) is 2.84. The Bertz CT molecular complexity index is 1410. The maximum Gasteiger partial charge on any atom is 0.274 e. The van der Waals surface area contributed by atoms with Gasteiger partial charge >= 0.3 is 0 Å². The quantitative estimate of drug-likeness (QED) is 0.472. The van der Waals surface area contributed by atoms with Crippen LogP contribution in [0.2, 0.25) is 0 Å². The van der Waals surface area contributed by atoms with Gasteiger partial charge in [-0.25, -0.2) is 4.98 Å². The molecule has 0 saturated carbocycles. The van der Waals surface area contributed by atoms with Gasteiger partial charge in [0.05, 0.1) is 28.9 Å². The van der Waals surface area contributed by atoms with E-state index in [2.05, 4.69) is 36.6 Å². The number of carbonyl (C=O) groups excluding carboxylic acids is 1. The molecule has 4 rings (SSSR count). The Morgan fingerprint density at radius 3 is 2.61 bits per heavy atom. The first-order valence-electron chi connectivity index (χ1n) is 10.4. The number of fused-ring (bicyclic) bond motifs is 1. The number of nitrogens with one attached hydrogen (secondary N) is 2. The Balaban J connectivity index is 1.63. The number of hydrogen-bond donors (Lipinski definition) is 2. The van der Waals surface area contributed by atoms with Crippen LogP contribution < -0.4 is 10.6 Å². The molecule has 4 aromatic rings. The molecule has 0 spiro atoms. The maximum atomic E-state index is 12.8. The number of anilines is 2. The van der Waals surface area contributed by atoms with Gasteiger partial charge in [0.1, 0.15) is 11.5 Å². The fourth-order valence-corrected chi connectivity index (χ4v) is 3.40. The van der Waals surface area contributed by atoms with Crippen LogP contribution in [0.4, 0.5) is 11.5 Å². The first kappa shape index (κ1) is 21.8. The molecule has 4 heterocycles. The zero-order valence-electron chi connectivity index (χ0n) is 18.8. The van der Waals surface area contributed by atoms with E-state index in [0.717, 1.165) is 39.1 Å². The van der Waals surface area contributed by atoms with Crippen molar-refractivity contribution < 1.29 is 4.79 Å². The number of aromatic nitrogens is 4. The monoisotopic (exact) mass is 437 g/mol. The largest absolute Gasteiger partial charge is 0.373 e. The highest BCUT2D eigenvalue weighted by Crippen LogP contribution is 2.28. The van der Waals surface area contributed by atoms with Gasteiger partial charge in [-0.3, -0.25) is 19.7 Å². The molecule has 0 fully saturated rings. The Morgan fingerprint density at radius 2 is 1.85 bits per heavy atom. The molecular formula is C25H23N7O. The fraction of sp³-hybridized carbons (Fsp3) is 0.200. The second-order valence-corrected chi connectivity index (χ2v) is 8.21. The third kappa shape index (κ3) is 4.48. The molecule has 0 bridgehead atoms. The summed E-state index contributed by atoms with van der Waals surface area (Å²) < 4.78 is 0. The summed E-state index contributed by atoms with van der Waals surface area (Å²) in [5.41, 5.74) is 4.15. The van der Waals surface area contributed by atoms with Crippen LogP contribution in [0.25, 0.3) is 22.0 Å². The van der Waals surface area contributed by atoms with Gasteiger partial charge in [0.2, 0.25) is 0 Å². The van der Waals surface area contributed by atoms with Crippen molar-refractivity contribution in [3.05, 3.63) is 72.1 Å². The standard InChI is InChI=1S/C25H23N7O/c1-15-20(16-7-17-12-31-23(27-4)10-21(17)30-11-16)9-19(13-29-15)32-24(33)22-8-18(5-6-28-22)25(2,3)14-26/h5-13H,1-4H3,(H,27,31)(H,32,33). The smallest absolute Gasteiger partial charge is 0.274 e. The van der Waals surface area contributed by atoms with E-state index in [1.165, 1.54) is 6.20 Å². The number of aryl methyl sites for hydroxylation is 1. The molecule has 8 nitrogen and oxygen atoms in total. The molecule has 8 heteroatoms. The second kappa shape index (κ2) is 8.63. The third-order valence-corrected chi connectivity index (χ3v) is 5.47. The van der Waals surface area contributed by atoms with Gasteiger partial charge < -0.3 is 10.6 Å². The lowest BCUT2D eigenvalue weighted by Crippen LogP contribution is -2.18. The number of amides is 1. The van der Waals surface area contributed by atoms with Crippen molar-refractivity contribution in [2.45, 2.75) is 26.2 Å². The van der Waals surface area contributed by atoms with E-state index in [9.17, 15) is 10.1 Å². The molecule has 33 heavy (non-hydrogen) atoms. The molecule has 0 radical (unpaired) electrons. The topological polar surface area (TPSA) is 116 Å². The molecule has 0 atom stereocenters. The molecule has 0 unspecified atom stereocenters. The van der Waals surface area contributed by atoms with Gasteiger partial charge in [0.15, 0.2) is 0 Å². The van der Waals surface area contributed by atoms with Crippen molar-refractivity contribution in [1.29, 1.82) is 5.26 Å². The minimum Gasteiger partial charge on any atom is -0.373 e. The number of nitriles is 1. The highest BCUT2D eigenvalue weighted by Gasteiger charge is 2.21. The molecule has 0 saturated heterocycles. The van der Waals surface area contributed by atoms with Gasteiger partial charge in [-0.2, -0.15) is 5.26 Å². The molecule has 164 valence electrons. The van der Waals surface area contributed by atoms with Crippen LogP contribution in [-0.4, -0.2) is 32.9 Å². The summed E-state index contributed by atoms with van der Waals surface area (Å²) in [6, 6.07) is 11.4. The normalized spacial score (nSPS) is 11.1. The summed E-state index contributed by atoms with van der Waals surface area (Å²) in [7, 11) is 1.81. The molecule has 0 aliphatic heterocycles. The number of hydrogen-bond acceptors (Lipinski definition) is 7. The summed E-state index contributed by atoms with van der Waals surface area (Å²) in [4.78, 5) is 30.4. The second-order valence-electron chi connectivity index (χ2n) is 8.21. The Morgan fingerprint density at radius 1 is 1.03 bits per heavy atom. The van der Waals surface area contributed by atoms with Crippen LogP contribution in [-0.2, 0) is 5.41 Å². The SMILES string of the molecule is CNc1cc2ncc(-c3cc(NC(=O)c4cc(C(C)(C)C#N)ccn4)cnc3C)cc2cn1. The first-order chi connectivity index (χ1) is 15.8. The average molecular weight is 438 g/mol. The highest BCUT2D eigenvalue weighted by molar-refractivity contribution is 6.03. The Labute approximate surface area is 191 Å². The van der Waals surface area contributed by atoms with Crippen molar-refractivity contribution in [3.63, 3.8) is 0 Å². The summed E-state index contributed by atoms with van der Waals surface area (Å²) in [6.45, 7) is 5.50. The van der Waals surface area contributed by atoms with E-state index >= 15 is 0 Å². The van der Waals surface area contributed by atoms with Crippen LogP contribution >= 0.6 is 0 Å². The zero-order chi connectivity index (χ0) is 23.6. The highest BCUT2D eigenvalue weighted by atomic mass is 16.1. The molecule has 1 amide bonds. The van der Waals surface area contributed by atoms with Gasteiger partial charge in [0.25, 0.3) is 5.91 Å². The number of nitrogens with zero attached hydrogens (tertiary/aromatic N) is 5. The van der Waals surface area contributed by atoms with Crippen molar-refractivity contribution in [2.24, 2.45) is 0 Å². The molecule has 0 aliphatic rings. The molecule has 2 N–H and O–H groups in total. The summed E-state index contributed by atoms with van der Waals surface area (Å²) in [6.07, 6.45) is 6.70. The van der Waals surface area contributed by atoms with E-state index in [1.807, 2.05) is 32.2 Å². The minimum atomic E-state index is -0.720. The lowest BCUT2D eigenvalue weighted by molar-refractivity contribution is 0.102. The lowest BCUT2D eigenvalue weighted by atomic mass is 9.86. The molecule has 0 aliphatic carbocycles. The molecular weight excluding hydrogens is 414 g/mol. The summed E-state index contributed by atoms with van der Waals surface area (Å²) in [5, 5.41) is 16.1. The minimum absolute atomic E-state index is 0.233. The lowest BCUT2D eigenvalue weighted by Gasteiger charge is -2.16. The van der Waals surface area contributed by atoms with Crippen LogP contribution in [0.1, 0.15) is 35.6 Å². The Hall–Kier alpha value is -4.38. The Kier molecular flexibility index (Phi) is 5.71. The van der Waals surface area contributed by atoms with Crippen molar-refractivity contribution in [3.8, 4) is 17.2 Å².